The lowest BCUT2D eigenvalue weighted by molar-refractivity contribution is 0.105. The molecule has 4 aliphatic rings. The topological polar surface area (TPSA) is 51.3 Å². The van der Waals surface area contributed by atoms with Crippen molar-refractivity contribution < 1.29 is 14.8 Å². The highest BCUT2D eigenvalue weighted by molar-refractivity contribution is 5.31. The zero-order chi connectivity index (χ0) is 25.2. The predicted octanol–water partition coefficient (Wildman–Crippen LogP) is 5.82. The molecule has 6 unspecified atom stereocenters. The predicted molar refractivity (Wildman–Crippen MR) is 142 cm³/mol. The number of aliphatic hydroxyl groups excluding tert-OH is 1. The normalized spacial score (nSPS) is 35.1. The Labute approximate surface area is 215 Å². The summed E-state index contributed by atoms with van der Waals surface area (Å²) >= 11 is 0. The molecule has 192 valence electrons. The fourth-order valence-corrected chi connectivity index (χ4v) is 5.92. The van der Waals surface area contributed by atoms with Crippen molar-refractivity contribution in [1.82, 2.24) is 10.1 Å². The third-order valence-electron chi connectivity index (χ3n) is 8.07. The van der Waals surface area contributed by atoms with Gasteiger partial charge >= 0.3 is 0 Å². The van der Waals surface area contributed by atoms with Crippen LogP contribution in [0, 0.1) is 5.92 Å². The van der Waals surface area contributed by atoms with Gasteiger partial charge in [0.1, 0.15) is 0 Å². The Morgan fingerprint density at radius 1 is 0.806 bits per heavy atom. The highest BCUT2D eigenvalue weighted by Crippen LogP contribution is 2.51. The molecule has 4 aliphatic heterocycles. The fourth-order valence-electron chi connectivity index (χ4n) is 5.92. The van der Waals surface area contributed by atoms with Crippen LogP contribution in [0.4, 0.5) is 0 Å². The van der Waals surface area contributed by atoms with Crippen LogP contribution in [0.2, 0.25) is 0 Å². The third-order valence-corrected chi connectivity index (χ3v) is 8.07. The van der Waals surface area contributed by atoms with Crippen LogP contribution in [0.1, 0.15) is 57.6 Å². The van der Waals surface area contributed by atoms with E-state index in [2.05, 4.69) is 85.7 Å². The number of aliphatic hydroxyl groups is 1. The lowest BCUT2D eigenvalue weighted by Crippen LogP contribution is -2.34. The summed E-state index contributed by atoms with van der Waals surface area (Å²) in [5.41, 5.74) is 4.95. The maximum Gasteiger partial charge on any atom is 0.189 e. The van der Waals surface area contributed by atoms with Crippen LogP contribution in [0.25, 0.3) is 0 Å². The molecule has 6 atom stereocenters. The molecule has 36 heavy (non-hydrogen) atoms. The third kappa shape index (κ3) is 5.22. The van der Waals surface area contributed by atoms with Gasteiger partial charge in [0.15, 0.2) is 11.4 Å². The van der Waals surface area contributed by atoms with Gasteiger partial charge in [-0.15, -0.1) is 10.1 Å². The molecule has 4 heterocycles. The molecule has 6 rings (SSSR count). The summed E-state index contributed by atoms with van der Waals surface area (Å²) in [6, 6.07) is 21.1. The molecule has 2 aromatic rings. The van der Waals surface area contributed by atoms with E-state index < -0.39 is 0 Å². The van der Waals surface area contributed by atoms with Crippen LogP contribution in [0.3, 0.4) is 0 Å². The SMILES string of the molecule is C/C=C(/Cc1ccccc1)C12CC(O)CCN1O2.C/C=C(\Cc1ccccc1)C12CC(C)CCN1O2. The molecule has 5 nitrogen and oxygen atoms in total. The molecule has 0 bridgehead atoms. The minimum atomic E-state index is -0.317. The molecule has 0 aromatic heterocycles. The lowest BCUT2D eigenvalue weighted by atomic mass is 9.86. The number of piperidine rings is 2. The van der Waals surface area contributed by atoms with Crippen LogP contribution in [-0.4, -0.2) is 45.9 Å². The average molecular weight is 489 g/mol. The standard InChI is InChI=1S/C16H21NO.C15H19NO2/c1-3-15(11-14-7-5-4-6-8-14)16-12-13(2)9-10-17(16)18-16;1-2-13(10-12-6-4-3-5-7-12)15-11-14(17)8-9-16(15)18-15/h3-8,13H,9-12H2,1-2H3;2-7,14,17H,8-11H2,1H3/b15-3+;13-2-. The summed E-state index contributed by atoms with van der Waals surface area (Å²) in [5.74, 6) is 0.759. The molecule has 2 aromatic carbocycles. The van der Waals surface area contributed by atoms with Crippen molar-refractivity contribution in [3.8, 4) is 0 Å². The Morgan fingerprint density at radius 3 is 1.78 bits per heavy atom. The zero-order valence-corrected chi connectivity index (χ0v) is 21.9. The van der Waals surface area contributed by atoms with Crippen LogP contribution < -0.4 is 0 Å². The maximum atomic E-state index is 9.85. The minimum absolute atomic E-state index is 0.0672. The Balaban J connectivity index is 0.000000148. The van der Waals surface area contributed by atoms with Crippen LogP contribution in [0.5, 0.6) is 0 Å². The van der Waals surface area contributed by atoms with Crippen LogP contribution in [-0.2, 0) is 22.5 Å². The summed E-state index contributed by atoms with van der Waals surface area (Å²) < 4.78 is 0. The molecule has 0 amide bonds. The second-order valence-corrected chi connectivity index (χ2v) is 10.7. The van der Waals surface area contributed by atoms with E-state index in [1.165, 1.54) is 28.7 Å². The Morgan fingerprint density at radius 2 is 1.28 bits per heavy atom. The first-order chi connectivity index (χ1) is 17.5. The lowest BCUT2D eigenvalue weighted by Gasteiger charge is -2.24. The van der Waals surface area contributed by atoms with Crippen molar-refractivity contribution in [3.63, 3.8) is 0 Å². The van der Waals surface area contributed by atoms with Crippen molar-refractivity contribution in [2.24, 2.45) is 5.92 Å². The van der Waals surface area contributed by atoms with Gasteiger partial charge in [-0.2, -0.15) is 0 Å². The van der Waals surface area contributed by atoms with Crippen LogP contribution >= 0.6 is 0 Å². The van der Waals surface area contributed by atoms with Crippen molar-refractivity contribution in [1.29, 1.82) is 0 Å². The highest BCUT2D eigenvalue weighted by Gasteiger charge is 2.60. The molecule has 4 saturated heterocycles. The Bertz CT molecular complexity index is 998. The number of nitrogens with zero attached hydrogens (tertiary/aromatic N) is 2. The average Bonchev–Trinajstić information content (AvgIpc) is 3.81. The van der Waals surface area contributed by atoms with Gasteiger partial charge in [-0.3, -0.25) is 9.68 Å². The summed E-state index contributed by atoms with van der Waals surface area (Å²) in [6.45, 7) is 8.41. The van der Waals surface area contributed by atoms with Gasteiger partial charge in [0, 0.05) is 25.9 Å². The quantitative estimate of drug-likeness (QED) is 0.410. The van der Waals surface area contributed by atoms with Gasteiger partial charge < -0.3 is 5.11 Å². The number of rotatable bonds is 6. The number of fused-ring (bicyclic) bond motifs is 2. The Kier molecular flexibility index (Phi) is 7.47. The smallest absolute Gasteiger partial charge is 0.189 e. The molecular formula is C31H40N2O3. The van der Waals surface area contributed by atoms with Gasteiger partial charge in [-0.25, -0.2) is 0 Å². The van der Waals surface area contributed by atoms with E-state index in [0.29, 0.717) is 6.42 Å². The molecular weight excluding hydrogens is 448 g/mol. The van der Waals surface area contributed by atoms with Crippen LogP contribution in [0.15, 0.2) is 84.0 Å². The molecule has 0 spiro atoms. The number of allylic oxidation sites excluding steroid dienone is 2. The molecule has 0 aliphatic carbocycles. The van der Waals surface area contributed by atoms with E-state index in [9.17, 15) is 5.11 Å². The number of benzene rings is 2. The van der Waals surface area contributed by atoms with E-state index in [1.54, 1.807) is 0 Å². The van der Waals surface area contributed by atoms with E-state index in [-0.39, 0.29) is 17.6 Å². The summed E-state index contributed by atoms with van der Waals surface area (Å²) in [5, 5.41) is 14.0. The number of hydroxylamine groups is 4. The first-order valence-electron chi connectivity index (χ1n) is 13.5. The number of hydrogen-bond donors (Lipinski definition) is 1. The largest absolute Gasteiger partial charge is 0.393 e. The molecule has 0 radical (unpaired) electrons. The monoisotopic (exact) mass is 488 g/mol. The van der Waals surface area contributed by atoms with Crippen molar-refractivity contribution in [3.05, 3.63) is 95.1 Å². The molecule has 0 saturated carbocycles. The van der Waals surface area contributed by atoms with E-state index in [4.69, 9.17) is 9.68 Å². The van der Waals surface area contributed by atoms with Crippen molar-refractivity contribution >= 4 is 0 Å². The number of hydrogen-bond acceptors (Lipinski definition) is 5. The molecule has 5 heteroatoms. The summed E-state index contributed by atoms with van der Waals surface area (Å²) in [7, 11) is 0. The van der Waals surface area contributed by atoms with Crippen molar-refractivity contribution in [2.75, 3.05) is 13.1 Å². The van der Waals surface area contributed by atoms with E-state index in [1.807, 2.05) is 18.1 Å². The highest BCUT2D eigenvalue weighted by atomic mass is 16.9. The van der Waals surface area contributed by atoms with E-state index in [0.717, 1.165) is 44.7 Å². The van der Waals surface area contributed by atoms with Gasteiger partial charge in [-0.1, -0.05) is 79.7 Å². The van der Waals surface area contributed by atoms with Crippen molar-refractivity contribution in [2.45, 2.75) is 76.9 Å². The maximum absolute atomic E-state index is 9.85. The van der Waals surface area contributed by atoms with Gasteiger partial charge in [0.2, 0.25) is 0 Å². The van der Waals surface area contributed by atoms with E-state index >= 15 is 0 Å². The Hall–Kier alpha value is -2.28. The first kappa shape index (κ1) is 25.4. The summed E-state index contributed by atoms with van der Waals surface area (Å²) in [6.07, 6.45) is 9.92. The van der Waals surface area contributed by atoms with Gasteiger partial charge in [0.05, 0.1) is 6.10 Å². The fraction of sp³-hybridized carbons (Fsp3) is 0.484. The minimum Gasteiger partial charge on any atom is -0.393 e. The zero-order valence-electron chi connectivity index (χ0n) is 21.9. The second kappa shape index (κ2) is 10.6. The van der Waals surface area contributed by atoms with Gasteiger partial charge in [-0.05, 0) is 67.7 Å². The summed E-state index contributed by atoms with van der Waals surface area (Å²) in [4.78, 5) is 11.7. The first-order valence-corrected chi connectivity index (χ1v) is 13.5. The molecule has 1 N–H and O–H groups in total. The molecule has 4 fully saturated rings. The second-order valence-electron chi connectivity index (χ2n) is 10.7. The van der Waals surface area contributed by atoms with Gasteiger partial charge in [0.25, 0.3) is 0 Å².